The summed E-state index contributed by atoms with van der Waals surface area (Å²) < 4.78 is 5.91. The zero-order valence-electron chi connectivity index (χ0n) is 8.83. The molecule has 1 aliphatic heterocycles. The maximum atomic E-state index is 9.91. The molecule has 3 rings (SSSR count). The molecular formula is C13H16O2. The molecule has 0 fully saturated rings. The highest BCUT2D eigenvalue weighted by Gasteiger charge is 2.28. The topological polar surface area (TPSA) is 29.5 Å². The van der Waals surface area contributed by atoms with Gasteiger partial charge in [-0.1, -0.05) is 12.2 Å². The van der Waals surface area contributed by atoms with Gasteiger partial charge < -0.3 is 9.84 Å². The Hall–Kier alpha value is -1.02. The second kappa shape index (κ2) is 3.53. The third-order valence-electron chi connectivity index (χ3n) is 3.48. The quantitative estimate of drug-likeness (QED) is 0.657. The van der Waals surface area contributed by atoms with Gasteiger partial charge in [-0.3, -0.25) is 0 Å². The summed E-state index contributed by atoms with van der Waals surface area (Å²) in [5.41, 5.74) is 2.41. The van der Waals surface area contributed by atoms with E-state index in [4.69, 9.17) is 4.74 Å². The fraction of sp³-hybridized carbons (Fsp3) is 0.538. The van der Waals surface area contributed by atoms with Gasteiger partial charge in [-0.05, 0) is 24.8 Å². The average molecular weight is 204 g/mol. The van der Waals surface area contributed by atoms with Crippen molar-refractivity contribution in [3.8, 4) is 0 Å². The van der Waals surface area contributed by atoms with E-state index < -0.39 is 0 Å². The number of aliphatic hydroxyl groups is 1. The van der Waals surface area contributed by atoms with Crippen molar-refractivity contribution < 1.29 is 9.84 Å². The predicted molar refractivity (Wildman–Crippen MR) is 58.0 cm³/mol. The van der Waals surface area contributed by atoms with E-state index in [0.717, 1.165) is 55.6 Å². The molecule has 1 N–H and O–H groups in total. The molecule has 3 aliphatic rings. The molecule has 1 heterocycles. The molecule has 0 radical (unpaired) electrons. The Bertz CT molecular complexity index is 374. The highest BCUT2D eigenvalue weighted by Crippen LogP contribution is 2.39. The number of allylic oxidation sites excluding steroid dienone is 5. The number of rotatable bonds is 0. The van der Waals surface area contributed by atoms with Gasteiger partial charge >= 0.3 is 0 Å². The third kappa shape index (κ3) is 1.53. The Labute approximate surface area is 89.9 Å². The van der Waals surface area contributed by atoms with E-state index in [2.05, 4.69) is 12.2 Å². The Morgan fingerprint density at radius 1 is 1.27 bits per heavy atom. The lowest BCUT2D eigenvalue weighted by atomic mass is 9.86. The summed E-state index contributed by atoms with van der Waals surface area (Å²) in [6.45, 7) is 0. The number of hydrogen-bond acceptors (Lipinski definition) is 2. The van der Waals surface area contributed by atoms with Crippen LogP contribution in [0.3, 0.4) is 0 Å². The van der Waals surface area contributed by atoms with Gasteiger partial charge in [-0.15, -0.1) is 0 Å². The van der Waals surface area contributed by atoms with Gasteiger partial charge in [0.1, 0.15) is 11.5 Å². The van der Waals surface area contributed by atoms with Gasteiger partial charge in [0.25, 0.3) is 0 Å². The van der Waals surface area contributed by atoms with E-state index in [0.29, 0.717) is 0 Å². The maximum Gasteiger partial charge on any atom is 0.107 e. The Morgan fingerprint density at radius 3 is 3.13 bits per heavy atom. The van der Waals surface area contributed by atoms with Gasteiger partial charge in [0.2, 0.25) is 0 Å². The Morgan fingerprint density at radius 2 is 2.20 bits per heavy atom. The molecule has 2 nitrogen and oxygen atoms in total. The fourth-order valence-corrected chi connectivity index (χ4v) is 2.63. The van der Waals surface area contributed by atoms with Gasteiger partial charge in [-0.2, -0.15) is 0 Å². The van der Waals surface area contributed by atoms with Crippen molar-refractivity contribution in [2.24, 2.45) is 0 Å². The first kappa shape index (κ1) is 9.22. The summed E-state index contributed by atoms with van der Waals surface area (Å²) in [4.78, 5) is 0. The molecule has 15 heavy (non-hydrogen) atoms. The van der Waals surface area contributed by atoms with Crippen LogP contribution in [0, 0.1) is 0 Å². The van der Waals surface area contributed by atoms with Crippen LogP contribution in [0.25, 0.3) is 0 Å². The minimum atomic E-state index is -0.266. The van der Waals surface area contributed by atoms with Crippen molar-refractivity contribution in [3.05, 3.63) is 34.8 Å². The third-order valence-corrected chi connectivity index (χ3v) is 3.48. The first-order valence-corrected chi connectivity index (χ1v) is 5.81. The van der Waals surface area contributed by atoms with Crippen molar-refractivity contribution >= 4 is 0 Å². The van der Waals surface area contributed by atoms with Crippen LogP contribution < -0.4 is 0 Å². The molecule has 2 heteroatoms. The lowest BCUT2D eigenvalue weighted by Crippen LogP contribution is -2.22. The minimum absolute atomic E-state index is 0.266. The molecular weight excluding hydrogens is 188 g/mol. The second-order valence-electron chi connectivity index (χ2n) is 4.52. The summed E-state index contributed by atoms with van der Waals surface area (Å²) in [6, 6.07) is 0. The van der Waals surface area contributed by atoms with E-state index in [1.165, 1.54) is 5.57 Å². The predicted octanol–water partition coefficient (Wildman–Crippen LogP) is 2.81. The minimum Gasteiger partial charge on any atom is -0.466 e. The first-order valence-electron chi connectivity index (χ1n) is 5.81. The Kier molecular flexibility index (Phi) is 2.17. The molecule has 0 amide bonds. The highest BCUT2D eigenvalue weighted by atomic mass is 16.5. The van der Waals surface area contributed by atoms with Crippen LogP contribution >= 0.6 is 0 Å². The summed E-state index contributed by atoms with van der Waals surface area (Å²) >= 11 is 0. The summed E-state index contributed by atoms with van der Waals surface area (Å²) in [5, 5.41) is 9.91. The summed E-state index contributed by atoms with van der Waals surface area (Å²) in [5.74, 6) is 2.20. The molecule has 0 aromatic rings. The van der Waals surface area contributed by atoms with E-state index in [1.54, 1.807) is 0 Å². The SMILES string of the molecule is OC1CCCC2=C1CC1=C(CCC=C1)O2. The number of hydrogen-bond donors (Lipinski definition) is 1. The monoisotopic (exact) mass is 204 g/mol. The smallest absolute Gasteiger partial charge is 0.107 e. The zero-order valence-corrected chi connectivity index (χ0v) is 8.83. The van der Waals surface area contributed by atoms with Gasteiger partial charge in [-0.25, -0.2) is 0 Å². The van der Waals surface area contributed by atoms with E-state index in [-0.39, 0.29) is 6.10 Å². The molecule has 0 aromatic carbocycles. The lowest BCUT2D eigenvalue weighted by Gasteiger charge is -2.32. The van der Waals surface area contributed by atoms with Crippen molar-refractivity contribution in [1.29, 1.82) is 0 Å². The number of aliphatic hydroxyl groups excluding tert-OH is 1. The molecule has 80 valence electrons. The second-order valence-corrected chi connectivity index (χ2v) is 4.52. The van der Waals surface area contributed by atoms with Crippen molar-refractivity contribution in [2.75, 3.05) is 0 Å². The average Bonchev–Trinajstić information content (AvgIpc) is 2.27. The molecule has 0 bridgehead atoms. The first-order chi connectivity index (χ1) is 7.34. The molecule has 0 saturated carbocycles. The summed E-state index contributed by atoms with van der Waals surface area (Å²) in [6.07, 6.45) is 10.1. The highest BCUT2D eigenvalue weighted by molar-refractivity contribution is 5.38. The fourth-order valence-electron chi connectivity index (χ4n) is 2.63. The Balaban J connectivity index is 1.91. The summed E-state index contributed by atoms with van der Waals surface area (Å²) in [7, 11) is 0. The van der Waals surface area contributed by atoms with Crippen LogP contribution in [0.4, 0.5) is 0 Å². The van der Waals surface area contributed by atoms with Gasteiger partial charge in [0.15, 0.2) is 0 Å². The normalized spacial score (nSPS) is 29.8. The van der Waals surface area contributed by atoms with Crippen molar-refractivity contribution in [3.63, 3.8) is 0 Å². The van der Waals surface area contributed by atoms with E-state index in [1.807, 2.05) is 0 Å². The van der Waals surface area contributed by atoms with Crippen LogP contribution in [-0.2, 0) is 4.74 Å². The van der Waals surface area contributed by atoms with Crippen LogP contribution in [-0.4, -0.2) is 11.2 Å². The van der Waals surface area contributed by atoms with Crippen molar-refractivity contribution in [2.45, 2.75) is 44.6 Å². The molecule has 0 aromatic heterocycles. The van der Waals surface area contributed by atoms with Crippen LogP contribution in [0.15, 0.2) is 34.8 Å². The molecule has 0 spiro atoms. The largest absolute Gasteiger partial charge is 0.466 e. The standard InChI is InChI=1S/C13H16O2/c14-11-5-3-7-13-10(11)8-9-4-1-2-6-12(9)15-13/h1,4,11,14H,2-3,5-8H2. The molecule has 0 saturated heterocycles. The van der Waals surface area contributed by atoms with Crippen LogP contribution in [0.2, 0.25) is 0 Å². The van der Waals surface area contributed by atoms with Gasteiger partial charge in [0.05, 0.1) is 6.10 Å². The van der Waals surface area contributed by atoms with E-state index in [9.17, 15) is 5.11 Å². The van der Waals surface area contributed by atoms with Crippen molar-refractivity contribution in [1.82, 2.24) is 0 Å². The van der Waals surface area contributed by atoms with Gasteiger partial charge in [0, 0.05) is 24.8 Å². The zero-order chi connectivity index (χ0) is 10.3. The lowest BCUT2D eigenvalue weighted by molar-refractivity contribution is 0.152. The van der Waals surface area contributed by atoms with Crippen LogP contribution in [0.5, 0.6) is 0 Å². The maximum absolute atomic E-state index is 9.91. The van der Waals surface area contributed by atoms with Crippen LogP contribution in [0.1, 0.15) is 38.5 Å². The number of ether oxygens (including phenoxy) is 1. The molecule has 2 aliphatic carbocycles. The van der Waals surface area contributed by atoms with E-state index >= 15 is 0 Å². The molecule has 1 unspecified atom stereocenters. The molecule has 1 atom stereocenters.